The molecule has 2 fully saturated rings. The quantitative estimate of drug-likeness (QED) is 0.631. The van der Waals surface area contributed by atoms with Gasteiger partial charge in [-0.05, 0) is 48.9 Å². The molecule has 1 spiro atoms. The van der Waals surface area contributed by atoms with Crippen molar-refractivity contribution in [3.05, 3.63) is 29.3 Å². The second kappa shape index (κ2) is 6.48. The molecule has 4 amide bonds. The van der Waals surface area contributed by atoms with Crippen LogP contribution in [-0.2, 0) is 16.0 Å². The largest absolute Gasteiger partial charge is 0.326 e. The highest BCUT2D eigenvalue weighted by atomic mass is 16.2. The Hall–Kier alpha value is -2.70. The van der Waals surface area contributed by atoms with Crippen LogP contribution in [0.2, 0.25) is 0 Å². The molecule has 2 N–H and O–H groups in total. The normalized spacial score (nSPS) is 27.4. The van der Waals surface area contributed by atoms with Gasteiger partial charge < -0.3 is 10.6 Å². The third-order valence-corrected chi connectivity index (χ3v) is 6.13. The Balaban J connectivity index is 1.52. The number of urea groups is 1. The van der Waals surface area contributed by atoms with Crippen LogP contribution in [0.1, 0.15) is 54.9 Å². The molecule has 0 unspecified atom stereocenters. The van der Waals surface area contributed by atoms with E-state index in [0.29, 0.717) is 30.5 Å². The summed E-state index contributed by atoms with van der Waals surface area (Å²) in [7, 11) is 0. The third-order valence-electron chi connectivity index (χ3n) is 6.13. The number of rotatable bonds is 3. The van der Waals surface area contributed by atoms with Crippen LogP contribution in [0.3, 0.4) is 0 Å². The smallest absolute Gasteiger partial charge is 0.325 e. The van der Waals surface area contributed by atoms with Gasteiger partial charge in [-0.3, -0.25) is 19.3 Å². The average molecular weight is 369 g/mol. The molecular weight excluding hydrogens is 346 g/mol. The molecule has 3 aliphatic rings. The van der Waals surface area contributed by atoms with E-state index >= 15 is 0 Å². The Labute approximate surface area is 157 Å². The number of fused-ring (bicyclic) bond motifs is 1. The number of benzene rings is 1. The summed E-state index contributed by atoms with van der Waals surface area (Å²) in [6.45, 7) is 1.73. The predicted molar refractivity (Wildman–Crippen MR) is 98.3 cm³/mol. The first-order valence-corrected chi connectivity index (χ1v) is 9.51. The number of hydrogen-bond acceptors (Lipinski definition) is 4. The molecule has 1 saturated carbocycles. The number of aryl methyl sites for hydroxylation is 1. The minimum Gasteiger partial charge on any atom is -0.326 e. The van der Waals surface area contributed by atoms with E-state index in [1.165, 1.54) is 0 Å². The standard InChI is InChI=1S/C20H23N3O4/c1-12-4-2-3-9-20(12)18(26)23(19(27)22-20)11-16(24)14-5-7-15-13(10-14)6-8-17(25)21-15/h5,7,10,12H,2-4,6,8-9,11H2,1H3,(H,21,25)(H,22,27)/t12-,20+/m1/s1. The van der Waals surface area contributed by atoms with Gasteiger partial charge in [-0.1, -0.05) is 19.8 Å². The summed E-state index contributed by atoms with van der Waals surface area (Å²) in [5.41, 5.74) is 1.21. The second-order valence-electron chi connectivity index (χ2n) is 7.78. The van der Waals surface area contributed by atoms with Crippen molar-refractivity contribution in [3.8, 4) is 0 Å². The van der Waals surface area contributed by atoms with Crippen LogP contribution in [0.15, 0.2) is 18.2 Å². The van der Waals surface area contributed by atoms with Crippen LogP contribution in [0.25, 0.3) is 0 Å². The van der Waals surface area contributed by atoms with Gasteiger partial charge in [0.15, 0.2) is 5.78 Å². The summed E-state index contributed by atoms with van der Waals surface area (Å²) in [6.07, 6.45) is 4.43. The number of anilines is 1. The number of carbonyl (C=O) groups is 4. The lowest BCUT2D eigenvalue weighted by atomic mass is 9.73. The van der Waals surface area contributed by atoms with E-state index in [-0.39, 0.29) is 30.1 Å². The maximum absolute atomic E-state index is 13.0. The van der Waals surface area contributed by atoms with Gasteiger partial charge in [0.1, 0.15) is 5.54 Å². The molecule has 2 heterocycles. The summed E-state index contributed by atoms with van der Waals surface area (Å²) < 4.78 is 0. The highest BCUT2D eigenvalue weighted by Crippen LogP contribution is 2.38. The lowest BCUT2D eigenvalue weighted by Crippen LogP contribution is -2.54. The van der Waals surface area contributed by atoms with Crippen molar-refractivity contribution in [2.24, 2.45) is 5.92 Å². The SMILES string of the molecule is C[C@@H]1CCCC[C@]12NC(=O)N(CC(=O)c1ccc3c(c1)CCC(=O)N3)C2=O. The topological polar surface area (TPSA) is 95.6 Å². The van der Waals surface area contributed by atoms with Gasteiger partial charge in [0.2, 0.25) is 5.91 Å². The van der Waals surface area contributed by atoms with Crippen LogP contribution in [0.5, 0.6) is 0 Å². The first kappa shape index (κ1) is 17.7. The number of nitrogens with one attached hydrogen (secondary N) is 2. The van der Waals surface area contributed by atoms with E-state index in [1.807, 2.05) is 6.92 Å². The molecule has 1 aromatic rings. The number of Topliss-reactive ketones (excluding diaryl/α,β-unsaturated/α-hetero) is 1. The van der Waals surface area contributed by atoms with Gasteiger partial charge in [0.05, 0.1) is 6.54 Å². The Kier molecular flexibility index (Phi) is 4.25. The van der Waals surface area contributed by atoms with Crippen molar-refractivity contribution in [2.75, 3.05) is 11.9 Å². The third kappa shape index (κ3) is 2.91. The van der Waals surface area contributed by atoms with Gasteiger partial charge in [0.25, 0.3) is 5.91 Å². The number of nitrogens with zero attached hydrogens (tertiary/aromatic N) is 1. The molecule has 1 saturated heterocycles. The monoisotopic (exact) mass is 369 g/mol. The molecule has 0 radical (unpaired) electrons. The molecule has 2 aliphatic heterocycles. The zero-order chi connectivity index (χ0) is 19.2. The summed E-state index contributed by atoms with van der Waals surface area (Å²) in [5, 5.41) is 5.65. The lowest BCUT2D eigenvalue weighted by molar-refractivity contribution is -0.133. The Bertz CT molecular complexity index is 850. The minimum absolute atomic E-state index is 0.0344. The van der Waals surface area contributed by atoms with Gasteiger partial charge in [0, 0.05) is 17.7 Å². The zero-order valence-corrected chi connectivity index (χ0v) is 15.3. The maximum Gasteiger partial charge on any atom is 0.325 e. The number of imide groups is 1. The fourth-order valence-electron chi connectivity index (χ4n) is 4.43. The van der Waals surface area contributed by atoms with Gasteiger partial charge in [-0.15, -0.1) is 0 Å². The van der Waals surface area contributed by atoms with Crippen LogP contribution in [-0.4, -0.2) is 40.6 Å². The molecule has 27 heavy (non-hydrogen) atoms. The zero-order valence-electron chi connectivity index (χ0n) is 15.3. The van der Waals surface area contributed by atoms with E-state index in [4.69, 9.17) is 0 Å². The van der Waals surface area contributed by atoms with Crippen molar-refractivity contribution < 1.29 is 19.2 Å². The van der Waals surface area contributed by atoms with Gasteiger partial charge in [-0.25, -0.2) is 4.79 Å². The van der Waals surface area contributed by atoms with Gasteiger partial charge in [-0.2, -0.15) is 0 Å². The fraction of sp³-hybridized carbons (Fsp3) is 0.500. The highest BCUT2D eigenvalue weighted by molar-refractivity contribution is 6.11. The van der Waals surface area contributed by atoms with Crippen molar-refractivity contribution >= 4 is 29.3 Å². The molecule has 7 nitrogen and oxygen atoms in total. The predicted octanol–water partition coefficient (Wildman–Crippen LogP) is 2.25. The summed E-state index contributed by atoms with van der Waals surface area (Å²) in [5.74, 6) is -0.528. The number of carbonyl (C=O) groups excluding carboxylic acids is 4. The summed E-state index contributed by atoms with van der Waals surface area (Å²) in [6, 6.07) is 4.60. The van der Waals surface area contributed by atoms with Gasteiger partial charge >= 0.3 is 6.03 Å². The Morgan fingerprint density at radius 3 is 2.81 bits per heavy atom. The summed E-state index contributed by atoms with van der Waals surface area (Å²) in [4.78, 5) is 50.7. The molecule has 0 aromatic heterocycles. The number of ketones is 1. The number of amides is 4. The molecule has 142 valence electrons. The maximum atomic E-state index is 13.0. The molecule has 4 rings (SSSR count). The van der Waals surface area contributed by atoms with E-state index in [1.54, 1.807) is 18.2 Å². The van der Waals surface area contributed by atoms with Crippen molar-refractivity contribution in [1.82, 2.24) is 10.2 Å². The van der Waals surface area contributed by atoms with E-state index in [2.05, 4.69) is 10.6 Å². The first-order chi connectivity index (χ1) is 12.9. The van der Waals surface area contributed by atoms with Crippen LogP contribution in [0.4, 0.5) is 10.5 Å². The van der Waals surface area contributed by atoms with E-state index in [0.717, 1.165) is 29.7 Å². The lowest BCUT2D eigenvalue weighted by Gasteiger charge is -2.36. The van der Waals surface area contributed by atoms with E-state index < -0.39 is 11.6 Å². The van der Waals surface area contributed by atoms with E-state index in [9.17, 15) is 19.2 Å². The van der Waals surface area contributed by atoms with Crippen LogP contribution < -0.4 is 10.6 Å². The number of hydrogen-bond donors (Lipinski definition) is 2. The minimum atomic E-state index is -0.851. The Morgan fingerprint density at radius 2 is 2.04 bits per heavy atom. The van der Waals surface area contributed by atoms with Crippen LogP contribution in [0, 0.1) is 5.92 Å². The van der Waals surface area contributed by atoms with Crippen molar-refractivity contribution in [2.45, 2.75) is 51.0 Å². The average Bonchev–Trinajstić information content (AvgIpc) is 2.88. The highest BCUT2D eigenvalue weighted by Gasteiger charge is 2.55. The molecule has 2 atom stereocenters. The fourth-order valence-corrected chi connectivity index (χ4v) is 4.43. The molecule has 1 aromatic carbocycles. The van der Waals surface area contributed by atoms with Crippen LogP contribution >= 0.6 is 0 Å². The molecular formula is C20H23N3O4. The Morgan fingerprint density at radius 1 is 1.22 bits per heavy atom. The van der Waals surface area contributed by atoms with Crippen molar-refractivity contribution in [1.29, 1.82) is 0 Å². The first-order valence-electron chi connectivity index (χ1n) is 9.51. The molecule has 7 heteroatoms. The second-order valence-corrected chi connectivity index (χ2v) is 7.78. The molecule has 1 aliphatic carbocycles. The molecule has 0 bridgehead atoms. The summed E-state index contributed by atoms with van der Waals surface area (Å²) >= 11 is 0. The van der Waals surface area contributed by atoms with Crippen molar-refractivity contribution in [3.63, 3.8) is 0 Å².